The minimum Gasteiger partial charge on any atom is -0.469 e. The smallest absolute Gasteiger partial charge is 0.153 e. The zero-order chi connectivity index (χ0) is 13.8. The summed E-state index contributed by atoms with van der Waals surface area (Å²) in [5.41, 5.74) is 2.17. The van der Waals surface area contributed by atoms with Crippen LogP contribution in [0.2, 0.25) is 0 Å². The Balaban J connectivity index is 2.41. The van der Waals surface area contributed by atoms with Gasteiger partial charge in [0.25, 0.3) is 0 Å². The SMILES string of the molecule is CCCNC(c1ccoc1CC)c1c(Br)nnn1C. The summed E-state index contributed by atoms with van der Waals surface area (Å²) in [5.74, 6) is 1.00. The standard InChI is InChI=1S/C13H19BrN4O/c1-4-7-15-11(9-6-8-19-10(9)5-2)12-13(14)16-17-18(12)3/h6,8,11,15H,4-5,7H2,1-3H3. The highest BCUT2D eigenvalue weighted by Gasteiger charge is 2.24. The summed E-state index contributed by atoms with van der Waals surface area (Å²) in [7, 11) is 1.90. The lowest BCUT2D eigenvalue weighted by atomic mass is 10.0. The first-order valence-corrected chi connectivity index (χ1v) is 7.33. The molecule has 1 atom stereocenters. The van der Waals surface area contributed by atoms with E-state index in [0.29, 0.717) is 0 Å². The molecule has 0 amide bonds. The van der Waals surface area contributed by atoms with E-state index in [2.05, 4.69) is 45.4 Å². The highest BCUT2D eigenvalue weighted by molar-refractivity contribution is 9.10. The maximum atomic E-state index is 5.55. The first-order chi connectivity index (χ1) is 9.19. The van der Waals surface area contributed by atoms with Crippen molar-refractivity contribution in [2.24, 2.45) is 7.05 Å². The van der Waals surface area contributed by atoms with Crippen LogP contribution in [0.1, 0.15) is 43.3 Å². The molecule has 0 saturated heterocycles. The van der Waals surface area contributed by atoms with Gasteiger partial charge in [0.15, 0.2) is 4.60 Å². The molecule has 0 bridgehead atoms. The number of hydrogen-bond donors (Lipinski definition) is 1. The molecule has 0 fully saturated rings. The fourth-order valence-electron chi connectivity index (χ4n) is 2.18. The van der Waals surface area contributed by atoms with E-state index in [1.807, 2.05) is 13.1 Å². The van der Waals surface area contributed by atoms with Gasteiger partial charge in [-0.25, -0.2) is 4.68 Å². The zero-order valence-corrected chi connectivity index (χ0v) is 13.1. The molecule has 2 aromatic heterocycles. The van der Waals surface area contributed by atoms with Crippen molar-refractivity contribution < 1.29 is 4.42 Å². The second-order valence-electron chi connectivity index (χ2n) is 4.43. The Bertz CT molecular complexity index is 515. The summed E-state index contributed by atoms with van der Waals surface area (Å²) >= 11 is 3.48. The van der Waals surface area contributed by atoms with Gasteiger partial charge in [0.2, 0.25) is 0 Å². The van der Waals surface area contributed by atoms with Crippen LogP contribution < -0.4 is 5.32 Å². The fraction of sp³-hybridized carbons (Fsp3) is 0.538. The lowest BCUT2D eigenvalue weighted by Gasteiger charge is -2.18. The number of aromatic nitrogens is 3. The number of aryl methyl sites for hydroxylation is 2. The Labute approximate surface area is 121 Å². The molecule has 1 N–H and O–H groups in total. The van der Waals surface area contributed by atoms with Crippen molar-refractivity contribution in [3.63, 3.8) is 0 Å². The largest absolute Gasteiger partial charge is 0.469 e. The van der Waals surface area contributed by atoms with Crippen molar-refractivity contribution >= 4 is 15.9 Å². The molecule has 0 aliphatic heterocycles. The molecule has 0 aliphatic carbocycles. The molecule has 2 aromatic rings. The lowest BCUT2D eigenvalue weighted by Crippen LogP contribution is -2.26. The first kappa shape index (κ1) is 14.3. The number of halogens is 1. The van der Waals surface area contributed by atoms with Gasteiger partial charge in [-0.15, -0.1) is 5.10 Å². The minimum atomic E-state index is 0.0445. The van der Waals surface area contributed by atoms with E-state index in [1.165, 1.54) is 0 Å². The van der Waals surface area contributed by atoms with E-state index in [-0.39, 0.29) is 6.04 Å². The number of furan rings is 1. The maximum absolute atomic E-state index is 5.55. The molecule has 0 radical (unpaired) electrons. The van der Waals surface area contributed by atoms with E-state index in [1.54, 1.807) is 10.9 Å². The second-order valence-corrected chi connectivity index (χ2v) is 5.18. The Kier molecular flexibility index (Phi) is 4.76. The predicted octanol–water partition coefficient (Wildman–Crippen LogP) is 2.82. The lowest BCUT2D eigenvalue weighted by molar-refractivity contribution is 0.492. The Morgan fingerprint density at radius 3 is 2.84 bits per heavy atom. The second kappa shape index (κ2) is 6.34. The highest BCUT2D eigenvalue weighted by Crippen LogP contribution is 2.29. The normalized spacial score (nSPS) is 12.8. The Hall–Kier alpha value is -1.14. The fourth-order valence-corrected chi connectivity index (χ4v) is 2.74. The number of rotatable bonds is 6. The van der Waals surface area contributed by atoms with Crippen LogP contribution in [0, 0.1) is 0 Å². The van der Waals surface area contributed by atoms with Crippen molar-refractivity contribution in [2.75, 3.05) is 6.54 Å². The van der Waals surface area contributed by atoms with Gasteiger partial charge < -0.3 is 9.73 Å². The topological polar surface area (TPSA) is 55.9 Å². The summed E-state index contributed by atoms with van der Waals surface area (Å²) in [6.07, 6.45) is 3.68. The minimum absolute atomic E-state index is 0.0445. The molecule has 0 aliphatic rings. The number of nitrogens with one attached hydrogen (secondary N) is 1. The summed E-state index contributed by atoms with van der Waals surface area (Å²) in [6, 6.07) is 2.06. The van der Waals surface area contributed by atoms with Crippen LogP contribution in [0.3, 0.4) is 0 Å². The van der Waals surface area contributed by atoms with Crippen LogP contribution in [0.25, 0.3) is 0 Å². The van der Waals surface area contributed by atoms with Crippen molar-refractivity contribution in [3.05, 3.63) is 34.0 Å². The summed E-state index contributed by atoms with van der Waals surface area (Å²) in [6.45, 7) is 5.17. The quantitative estimate of drug-likeness (QED) is 0.886. The summed E-state index contributed by atoms with van der Waals surface area (Å²) in [4.78, 5) is 0. The molecule has 0 aromatic carbocycles. The van der Waals surface area contributed by atoms with Gasteiger partial charge in [0.05, 0.1) is 18.0 Å². The average Bonchev–Trinajstić information content (AvgIpc) is 3.00. The van der Waals surface area contributed by atoms with Crippen LogP contribution in [-0.4, -0.2) is 21.5 Å². The Morgan fingerprint density at radius 1 is 1.47 bits per heavy atom. The predicted molar refractivity (Wildman–Crippen MR) is 76.9 cm³/mol. The van der Waals surface area contributed by atoms with Crippen LogP contribution >= 0.6 is 15.9 Å². The Morgan fingerprint density at radius 2 is 2.26 bits per heavy atom. The van der Waals surface area contributed by atoms with E-state index >= 15 is 0 Å². The van der Waals surface area contributed by atoms with Crippen molar-refractivity contribution in [1.29, 1.82) is 0 Å². The van der Waals surface area contributed by atoms with Crippen molar-refractivity contribution in [1.82, 2.24) is 20.3 Å². The van der Waals surface area contributed by atoms with Gasteiger partial charge in [0.1, 0.15) is 5.76 Å². The van der Waals surface area contributed by atoms with Crippen molar-refractivity contribution in [3.8, 4) is 0 Å². The number of nitrogens with zero attached hydrogens (tertiary/aromatic N) is 3. The van der Waals surface area contributed by atoms with Gasteiger partial charge >= 0.3 is 0 Å². The van der Waals surface area contributed by atoms with Crippen molar-refractivity contribution in [2.45, 2.75) is 32.7 Å². The third kappa shape index (κ3) is 2.90. The van der Waals surface area contributed by atoms with E-state index in [4.69, 9.17) is 4.42 Å². The van der Waals surface area contributed by atoms with E-state index in [0.717, 1.165) is 41.0 Å². The maximum Gasteiger partial charge on any atom is 0.153 e. The molecular formula is C13H19BrN4O. The van der Waals surface area contributed by atoms with E-state index < -0.39 is 0 Å². The number of hydrogen-bond acceptors (Lipinski definition) is 4. The molecule has 19 heavy (non-hydrogen) atoms. The third-order valence-electron chi connectivity index (χ3n) is 3.11. The van der Waals surface area contributed by atoms with Gasteiger partial charge in [-0.3, -0.25) is 0 Å². The highest BCUT2D eigenvalue weighted by atomic mass is 79.9. The molecule has 5 nitrogen and oxygen atoms in total. The van der Waals surface area contributed by atoms with Gasteiger partial charge in [0, 0.05) is 19.0 Å². The molecule has 2 heterocycles. The summed E-state index contributed by atoms with van der Waals surface area (Å²) < 4.78 is 8.11. The average molecular weight is 327 g/mol. The zero-order valence-electron chi connectivity index (χ0n) is 11.5. The summed E-state index contributed by atoms with van der Waals surface area (Å²) in [5, 5.41) is 11.7. The molecular weight excluding hydrogens is 308 g/mol. The van der Waals surface area contributed by atoms with Gasteiger partial charge in [-0.1, -0.05) is 19.1 Å². The van der Waals surface area contributed by atoms with Crippen LogP contribution in [0.5, 0.6) is 0 Å². The van der Waals surface area contributed by atoms with Crippen LogP contribution in [0.4, 0.5) is 0 Å². The third-order valence-corrected chi connectivity index (χ3v) is 3.68. The molecule has 2 rings (SSSR count). The molecule has 1 unspecified atom stereocenters. The monoisotopic (exact) mass is 326 g/mol. The van der Waals surface area contributed by atoms with Gasteiger partial charge in [-0.2, -0.15) is 0 Å². The van der Waals surface area contributed by atoms with Crippen LogP contribution in [-0.2, 0) is 13.5 Å². The van der Waals surface area contributed by atoms with Gasteiger partial charge in [-0.05, 0) is 35.0 Å². The van der Waals surface area contributed by atoms with Crippen LogP contribution in [0.15, 0.2) is 21.3 Å². The van der Waals surface area contributed by atoms with E-state index in [9.17, 15) is 0 Å². The molecule has 6 heteroatoms. The molecule has 0 spiro atoms. The molecule has 104 valence electrons. The molecule has 0 saturated carbocycles. The first-order valence-electron chi connectivity index (χ1n) is 6.53.